The molecule has 0 fully saturated rings. The van der Waals surface area contributed by atoms with Crippen LogP contribution in [0.15, 0.2) is 24.3 Å². The summed E-state index contributed by atoms with van der Waals surface area (Å²) in [5, 5.41) is 13.1. The van der Waals surface area contributed by atoms with Gasteiger partial charge in [0.05, 0.1) is 6.10 Å². The van der Waals surface area contributed by atoms with Gasteiger partial charge in [-0.15, -0.1) is 0 Å². The number of carbonyl (C=O) groups excluding carboxylic acids is 1. The Bertz CT molecular complexity index is 429. The van der Waals surface area contributed by atoms with E-state index in [1.165, 1.54) is 0 Å². The summed E-state index contributed by atoms with van der Waals surface area (Å²) in [5.41, 5.74) is 0.217. The Balaban J connectivity index is 2.35. The predicted molar refractivity (Wildman–Crippen MR) is 75.3 cm³/mol. The van der Waals surface area contributed by atoms with E-state index in [9.17, 15) is 9.90 Å². The molecule has 1 rings (SSSR count). The van der Waals surface area contributed by atoms with Crippen LogP contribution >= 0.6 is 11.6 Å². The summed E-state index contributed by atoms with van der Waals surface area (Å²) in [6.07, 6.45) is -0.737. The van der Waals surface area contributed by atoms with E-state index in [1.54, 1.807) is 45.0 Å². The van der Waals surface area contributed by atoms with Crippen molar-refractivity contribution in [2.75, 3.05) is 6.54 Å². The van der Waals surface area contributed by atoms with Gasteiger partial charge in [0.15, 0.2) is 0 Å². The van der Waals surface area contributed by atoms with E-state index in [-0.39, 0.29) is 0 Å². The Morgan fingerprint density at radius 1 is 1.47 bits per heavy atom. The Kier molecular flexibility index (Phi) is 5.63. The van der Waals surface area contributed by atoms with Crippen LogP contribution in [-0.4, -0.2) is 23.3 Å². The second-order valence-corrected chi connectivity index (χ2v) is 5.72. The third kappa shape index (κ3) is 6.45. The molecule has 5 heteroatoms. The third-order valence-corrected chi connectivity index (χ3v) is 2.55. The van der Waals surface area contributed by atoms with E-state index in [0.29, 0.717) is 18.0 Å². The van der Waals surface area contributed by atoms with Crippen molar-refractivity contribution >= 4 is 17.7 Å². The minimum Gasteiger partial charge on any atom is -0.444 e. The van der Waals surface area contributed by atoms with Crippen LogP contribution in [0, 0.1) is 0 Å². The molecule has 19 heavy (non-hydrogen) atoms. The third-order valence-electron chi connectivity index (χ3n) is 2.32. The van der Waals surface area contributed by atoms with Gasteiger partial charge in [0.2, 0.25) is 0 Å². The van der Waals surface area contributed by atoms with Crippen molar-refractivity contribution in [2.24, 2.45) is 0 Å². The van der Waals surface area contributed by atoms with Gasteiger partial charge < -0.3 is 15.2 Å². The van der Waals surface area contributed by atoms with Gasteiger partial charge in [-0.05, 0) is 44.9 Å². The molecule has 1 aromatic rings. The van der Waals surface area contributed by atoms with E-state index < -0.39 is 17.8 Å². The number of halogens is 1. The molecule has 0 saturated heterocycles. The summed E-state index contributed by atoms with van der Waals surface area (Å²) >= 11 is 5.85. The number of benzene rings is 1. The number of ether oxygens (including phenoxy) is 1. The fourth-order valence-corrected chi connectivity index (χ4v) is 1.70. The van der Waals surface area contributed by atoms with Crippen LogP contribution in [0.3, 0.4) is 0 Å². The maximum Gasteiger partial charge on any atom is 0.407 e. The van der Waals surface area contributed by atoms with Gasteiger partial charge in [-0.25, -0.2) is 4.79 Å². The molecule has 0 aliphatic rings. The first-order valence-electron chi connectivity index (χ1n) is 6.18. The zero-order valence-electron chi connectivity index (χ0n) is 11.4. The molecule has 0 bridgehead atoms. The van der Waals surface area contributed by atoms with Crippen LogP contribution in [0.25, 0.3) is 0 Å². The van der Waals surface area contributed by atoms with E-state index in [1.807, 2.05) is 0 Å². The molecule has 0 heterocycles. The van der Waals surface area contributed by atoms with Gasteiger partial charge in [0, 0.05) is 11.6 Å². The minimum absolute atomic E-state index is 0.336. The highest BCUT2D eigenvalue weighted by atomic mass is 35.5. The van der Waals surface area contributed by atoms with Crippen molar-refractivity contribution in [3.63, 3.8) is 0 Å². The minimum atomic E-state index is -0.659. The zero-order valence-corrected chi connectivity index (χ0v) is 12.2. The maximum atomic E-state index is 11.4. The molecule has 1 aromatic carbocycles. The normalized spacial score (nSPS) is 12.9. The molecule has 0 aromatic heterocycles. The number of rotatable bonds is 4. The summed E-state index contributed by atoms with van der Waals surface area (Å²) < 4.78 is 5.09. The summed E-state index contributed by atoms with van der Waals surface area (Å²) in [5.74, 6) is 0. The Morgan fingerprint density at radius 2 is 2.16 bits per heavy atom. The zero-order chi connectivity index (χ0) is 14.5. The predicted octanol–water partition coefficient (Wildman–Crippen LogP) is 3.29. The summed E-state index contributed by atoms with van der Waals surface area (Å²) in [4.78, 5) is 11.4. The molecule has 0 saturated carbocycles. The molecule has 0 aliphatic carbocycles. The second kappa shape index (κ2) is 6.78. The van der Waals surface area contributed by atoms with E-state index in [4.69, 9.17) is 16.3 Å². The largest absolute Gasteiger partial charge is 0.444 e. The topological polar surface area (TPSA) is 58.6 Å². The molecular formula is C14H20ClNO3. The number of carbonyl (C=O) groups is 1. The number of aliphatic hydroxyl groups excluding tert-OH is 1. The number of aliphatic hydroxyl groups is 1. The van der Waals surface area contributed by atoms with Gasteiger partial charge in [-0.3, -0.25) is 0 Å². The SMILES string of the molecule is CC(C)(C)OC(=O)NCC[C@H](O)c1cccc(Cl)c1. The Labute approximate surface area is 118 Å². The van der Waals surface area contributed by atoms with Crippen molar-refractivity contribution in [1.82, 2.24) is 5.32 Å². The summed E-state index contributed by atoms with van der Waals surface area (Å²) in [6, 6.07) is 7.03. The first kappa shape index (κ1) is 15.8. The number of nitrogens with one attached hydrogen (secondary N) is 1. The number of hydrogen-bond donors (Lipinski definition) is 2. The van der Waals surface area contributed by atoms with Crippen molar-refractivity contribution in [3.05, 3.63) is 34.9 Å². The number of hydrogen-bond acceptors (Lipinski definition) is 3. The molecule has 2 N–H and O–H groups in total. The highest BCUT2D eigenvalue weighted by Gasteiger charge is 2.16. The van der Waals surface area contributed by atoms with Crippen molar-refractivity contribution in [3.8, 4) is 0 Å². The first-order valence-corrected chi connectivity index (χ1v) is 6.56. The lowest BCUT2D eigenvalue weighted by Crippen LogP contribution is -2.33. The van der Waals surface area contributed by atoms with E-state index in [2.05, 4.69) is 5.32 Å². The fourth-order valence-electron chi connectivity index (χ4n) is 1.51. The molecular weight excluding hydrogens is 266 g/mol. The summed E-state index contributed by atoms with van der Waals surface area (Å²) in [6.45, 7) is 5.73. The highest BCUT2D eigenvalue weighted by molar-refractivity contribution is 6.30. The molecule has 0 unspecified atom stereocenters. The van der Waals surface area contributed by atoms with Crippen LogP contribution in [0.5, 0.6) is 0 Å². The Hall–Kier alpha value is -1.26. The quantitative estimate of drug-likeness (QED) is 0.892. The molecule has 4 nitrogen and oxygen atoms in total. The van der Waals surface area contributed by atoms with Crippen LogP contribution < -0.4 is 5.32 Å². The average Bonchev–Trinajstić information content (AvgIpc) is 2.26. The molecule has 0 radical (unpaired) electrons. The fraction of sp³-hybridized carbons (Fsp3) is 0.500. The van der Waals surface area contributed by atoms with Crippen molar-refractivity contribution in [2.45, 2.75) is 38.9 Å². The molecule has 106 valence electrons. The van der Waals surface area contributed by atoms with E-state index >= 15 is 0 Å². The van der Waals surface area contributed by atoms with Crippen LogP contribution in [0.1, 0.15) is 38.9 Å². The number of alkyl carbamates (subject to hydrolysis) is 1. The standard InChI is InChI=1S/C14H20ClNO3/c1-14(2,3)19-13(18)16-8-7-12(17)10-5-4-6-11(15)9-10/h4-6,9,12,17H,7-8H2,1-3H3,(H,16,18)/t12-/m0/s1. The van der Waals surface area contributed by atoms with Gasteiger partial charge in [0.1, 0.15) is 5.60 Å². The summed E-state index contributed by atoms with van der Waals surface area (Å²) in [7, 11) is 0. The smallest absolute Gasteiger partial charge is 0.407 e. The number of amides is 1. The molecule has 0 aliphatic heterocycles. The first-order chi connectivity index (χ1) is 8.78. The van der Waals surface area contributed by atoms with Gasteiger partial charge in [-0.1, -0.05) is 23.7 Å². The lowest BCUT2D eigenvalue weighted by molar-refractivity contribution is 0.0518. The maximum absolute atomic E-state index is 11.4. The van der Waals surface area contributed by atoms with Crippen LogP contribution in [-0.2, 0) is 4.74 Å². The van der Waals surface area contributed by atoms with Crippen LogP contribution in [0.4, 0.5) is 4.79 Å². The second-order valence-electron chi connectivity index (χ2n) is 5.29. The van der Waals surface area contributed by atoms with Gasteiger partial charge in [0.25, 0.3) is 0 Å². The van der Waals surface area contributed by atoms with Gasteiger partial charge in [-0.2, -0.15) is 0 Å². The van der Waals surface area contributed by atoms with E-state index in [0.717, 1.165) is 5.56 Å². The monoisotopic (exact) mass is 285 g/mol. The average molecular weight is 286 g/mol. The Morgan fingerprint density at radius 3 is 2.74 bits per heavy atom. The van der Waals surface area contributed by atoms with Crippen molar-refractivity contribution in [1.29, 1.82) is 0 Å². The van der Waals surface area contributed by atoms with Crippen LogP contribution in [0.2, 0.25) is 5.02 Å². The highest BCUT2D eigenvalue weighted by Crippen LogP contribution is 2.19. The molecule has 1 amide bonds. The molecule has 1 atom stereocenters. The van der Waals surface area contributed by atoms with Gasteiger partial charge >= 0.3 is 6.09 Å². The lowest BCUT2D eigenvalue weighted by Gasteiger charge is -2.20. The lowest BCUT2D eigenvalue weighted by atomic mass is 10.1. The van der Waals surface area contributed by atoms with Crippen molar-refractivity contribution < 1.29 is 14.6 Å². The molecule has 0 spiro atoms.